The highest BCUT2D eigenvalue weighted by Gasteiger charge is 2.49. The van der Waals surface area contributed by atoms with E-state index in [2.05, 4.69) is 33.3 Å². The van der Waals surface area contributed by atoms with Gasteiger partial charge in [0.2, 0.25) is 0 Å². The number of piperazine rings is 1. The Bertz CT molecular complexity index is 2000. The van der Waals surface area contributed by atoms with Gasteiger partial charge >= 0.3 is 6.01 Å². The molecule has 3 aromatic carbocycles. The second-order valence-corrected chi connectivity index (χ2v) is 12.6. The molecule has 2 unspecified atom stereocenters. The third kappa shape index (κ3) is 4.40. The van der Waals surface area contributed by atoms with E-state index in [1.165, 1.54) is 12.1 Å². The van der Waals surface area contributed by atoms with Crippen molar-refractivity contribution in [2.75, 3.05) is 43.4 Å². The van der Waals surface area contributed by atoms with Crippen molar-refractivity contribution in [1.82, 2.24) is 20.2 Å². The zero-order valence-corrected chi connectivity index (χ0v) is 24.6. The van der Waals surface area contributed by atoms with Crippen molar-refractivity contribution >= 4 is 33.2 Å². The molecule has 1 aromatic heterocycles. The van der Waals surface area contributed by atoms with E-state index in [1.54, 1.807) is 6.07 Å². The zero-order chi connectivity index (χ0) is 31.9. The summed E-state index contributed by atoms with van der Waals surface area (Å²) in [5, 5.41) is 3.31. The summed E-state index contributed by atoms with van der Waals surface area (Å²) >= 11 is 0. The van der Waals surface area contributed by atoms with Crippen LogP contribution >= 0.6 is 0 Å². The van der Waals surface area contributed by atoms with Crippen LogP contribution in [0.5, 0.6) is 6.01 Å². The fraction of sp³-hybridized carbons (Fsp3) is 0.353. The maximum Gasteiger partial charge on any atom is 0.319 e. The van der Waals surface area contributed by atoms with Crippen LogP contribution in [0.1, 0.15) is 24.8 Å². The number of halogens is 5. The van der Waals surface area contributed by atoms with Crippen LogP contribution < -0.4 is 20.7 Å². The number of fused-ring (bicyclic) bond motifs is 5. The average Bonchev–Trinajstić information content (AvgIpc) is 3.69. The number of alkyl halides is 1. The lowest BCUT2D eigenvalue weighted by Crippen LogP contribution is -2.52. The van der Waals surface area contributed by atoms with E-state index in [9.17, 15) is 13.2 Å². The number of nitrogens with one attached hydrogen (secondary N) is 1. The van der Waals surface area contributed by atoms with Crippen molar-refractivity contribution in [1.29, 1.82) is 0 Å². The number of hydrogen-bond acceptors (Lipinski definition) is 7. The number of ether oxygens (including phenoxy) is 1. The van der Waals surface area contributed by atoms with Gasteiger partial charge in [-0.25, -0.2) is 22.0 Å². The van der Waals surface area contributed by atoms with Gasteiger partial charge in [0, 0.05) is 65.5 Å². The Hall–Kier alpha value is -4.47. The molecule has 8 rings (SSSR count). The van der Waals surface area contributed by atoms with E-state index in [0.29, 0.717) is 37.3 Å². The second-order valence-electron chi connectivity index (χ2n) is 12.6. The average molecular weight is 633 g/mol. The van der Waals surface area contributed by atoms with E-state index in [4.69, 9.17) is 21.9 Å². The van der Waals surface area contributed by atoms with Crippen molar-refractivity contribution in [2.45, 2.75) is 43.1 Å². The van der Waals surface area contributed by atoms with Crippen LogP contribution in [0.15, 0.2) is 36.4 Å². The van der Waals surface area contributed by atoms with Crippen molar-refractivity contribution in [3.63, 3.8) is 0 Å². The van der Waals surface area contributed by atoms with Gasteiger partial charge in [0.1, 0.15) is 24.1 Å². The predicted octanol–water partition coefficient (Wildman–Crippen LogP) is 5.24. The molecule has 0 aliphatic carbocycles. The lowest BCUT2D eigenvalue weighted by Gasteiger charge is -2.35. The van der Waals surface area contributed by atoms with E-state index in [1.807, 2.05) is 4.90 Å². The molecule has 3 saturated heterocycles. The Morgan fingerprint density at radius 2 is 1.76 bits per heavy atom. The Kier molecular flexibility index (Phi) is 6.63. The zero-order valence-electron chi connectivity index (χ0n) is 24.6. The third-order valence-electron chi connectivity index (χ3n) is 9.82. The summed E-state index contributed by atoms with van der Waals surface area (Å²) in [7, 11) is 0. The molecule has 5 heterocycles. The highest BCUT2D eigenvalue weighted by atomic mass is 19.2. The van der Waals surface area contributed by atoms with Gasteiger partial charge in [-0.05, 0) is 43.1 Å². The minimum atomic E-state index is -1.74. The van der Waals surface area contributed by atoms with E-state index in [0.717, 1.165) is 25.5 Å². The Balaban J connectivity index is 1.29. The minimum Gasteiger partial charge on any atom is -0.461 e. The molecule has 236 valence electrons. The number of hydrogen-bond donors (Lipinski definition) is 2. The molecule has 0 saturated carbocycles. The second kappa shape index (κ2) is 10.5. The number of nitrogens with two attached hydrogens (primary N) is 1. The molecular weight excluding hydrogens is 603 g/mol. The fourth-order valence-electron chi connectivity index (χ4n) is 7.78. The van der Waals surface area contributed by atoms with Crippen LogP contribution in [0.25, 0.3) is 32.8 Å². The molecule has 3 N–H and O–H groups in total. The highest BCUT2D eigenvalue weighted by Crippen LogP contribution is 2.43. The summed E-state index contributed by atoms with van der Waals surface area (Å²) in [5.41, 5.74) is 4.80. The van der Waals surface area contributed by atoms with Crippen LogP contribution in [-0.2, 0) is 0 Å². The first kappa shape index (κ1) is 29.0. The van der Waals surface area contributed by atoms with Crippen LogP contribution in [0, 0.1) is 35.6 Å². The Labute approximate surface area is 261 Å². The molecular formula is C34H29F5N6O. The summed E-state index contributed by atoms with van der Waals surface area (Å²) in [4.78, 5) is 13.4. The first-order chi connectivity index (χ1) is 22.2. The van der Waals surface area contributed by atoms with Gasteiger partial charge in [0.25, 0.3) is 0 Å². The highest BCUT2D eigenvalue weighted by molar-refractivity contribution is 6.05. The van der Waals surface area contributed by atoms with Crippen LogP contribution in [-0.4, -0.2) is 71.4 Å². The molecule has 7 nitrogen and oxygen atoms in total. The Morgan fingerprint density at radius 1 is 0.978 bits per heavy atom. The van der Waals surface area contributed by atoms with Crippen molar-refractivity contribution in [3.05, 3.63) is 65.2 Å². The number of benzene rings is 3. The molecule has 4 aromatic rings. The molecule has 46 heavy (non-hydrogen) atoms. The van der Waals surface area contributed by atoms with E-state index >= 15 is 8.78 Å². The quantitative estimate of drug-likeness (QED) is 0.102. The fourth-order valence-corrected chi connectivity index (χ4v) is 7.78. The monoisotopic (exact) mass is 632 g/mol. The maximum atomic E-state index is 16.8. The first-order valence-corrected chi connectivity index (χ1v) is 15.2. The molecule has 0 amide bonds. The molecule has 0 radical (unpaired) electrons. The number of nitrogens with zero attached hydrogens (tertiary/aromatic N) is 4. The lowest BCUT2D eigenvalue weighted by atomic mass is 9.92. The minimum absolute atomic E-state index is 0.00540. The van der Waals surface area contributed by atoms with Gasteiger partial charge in [-0.3, -0.25) is 4.90 Å². The SMILES string of the molecule is C#Cc1c(F)c(F)c(F)c2cc(N)cc(-c3ccc4c(N5CC6C=CC(C5)N6)nc(OC[C@@]56CCCN5C[C@H](F)C6)nc4c3F)c12. The maximum absolute atomic E-state index is 16.8. The number of aromatic nitrogens is 2. The van der Waals surface area contributed by atoms with Gasteiger partial charge in [0.05, 0.1) is 11.1 Å². The van der Waals surface area contributed by atoms with Crippen LogP contribution in [0.3, 0.4) is 0 Å². The molecule has 4 aliphatic rings. The van der Waals surface area contributed by atoms with Gasteiger partial charge < -0.3 is 20.7 Å². The molecule has 3 fully saturated rings. The predicted molar refractivity (Wildman–Crippen MR) is 165 cm³/mol. The summed E-state index contributed by atoms with van der Waals surface area (Å²) in [6.45, 7) is 2.41. The number of nitrogen functional groups attached to an aromatic ring is 1. The third-order valence-corrected chi connectivity index (χ3v) is 9.82. The van der Waals surface area contributed by atoms with Crippen molar-refractivity contribution in [3.8, 4) is 29.5 Å². The molecule has 4 atom stereocenters. The summed E-state index contributed by atoms with van der Waals surface area (Å²) in [6.07, 6.45) is 10.8. The van der Waals surface area contributed by atoms with Gasteiger partial charge in [-0.15, -0.1) is 6.42 Å². The van der Waals surface area contributed by atoms with E-state index < -0.39 is 40.5 Å². The smallest absolute Gasteiger partial charge is 0.319 e. The Morgan fingerprint density at radius 3 is 2.52 bits per heavy atom. The van der Waals surface area contributed by atoms with Crippen molar-refractivity contribution < 1.29 is 26.7 Å². The molecule has 12 heteroatoms. The van der Waals surface area contributed by atoms with Gasteiger partial charge in [-0.2, -0.15) is 9.97 Å². The van der Waals surface area contributed by atoms with Crippen LogP contribution in [0.4, 0.5) is 33.5 Å². The number of anilines is 2. The molecule has 4 aliphatic heterocycles. The molecule has 0 spiro atoms. The normalized spacial score (nSPS) is 25.5. The largest absolute Gasteiger partial charge is 0.461 e. The standard InChI is InChI=1S/C34H29F5N6O/c1-2-21-26-24(10-18(40)11-25(26)28(37)30(39)27(21)36)22-6-7-23-31(29(22)38)42-33(43-32(23)44-14-19-4-5-20(15-44)41-19)46-16-34-8-3-9-45(34)13-17(35)12-34/h1,4-7,10-11,17,19-20,41H,3,8-9,12-16,40H2/t17-,19?,20?,34+/m1/s1. The topological polar surface area (TPSA) is 79.5 Å². The van der Waals surface area contributed by atoms with E-state index in [-0.39, 0.29) is 57.8 Å². The summed E-state index contributed by atoms with van der Waals surface area (Å²) < 4.78 is 81.8. The number of rotatable bonds is 5. The van der Waals surface area contributed by atoms with Crippen LogP contribution in [0.2, 0.25) is 0 Å². The summed E-state index contributed by atoms with van der Waals surface area (Å²) in [6, 6.07) is 5.64. The number of terminal acetylenes is 1. The van der Waals surface area contributed by atoms with Gasteiger partial charge in [0.15, 0.2) is 23.3 Å². The first-order valence-electron chi connectivity index (χ1n) is 15.2. The lowest BCUT2D eigenvalue weighted by molar-refractivity contribution is 0.107. The van der Waals surface area contributed by atoms with Crippen molar-refractivity contribution in [2.24, 2.45) is 0 Å². The summed E-state index contributed by atoms with van der Waals surface area (Å²) in [5.74, 6) is -3.04. The molecule has 2 bridgehead atoms. The van der Waals surface area contributed by atoms with Gasteiger partial charge in [-0.1, -0.05) is 24.1 Å².